The molecule has 0 aromatic heterocycles. The minimum Gasteiger partial charge on any atom is -0.459 e. The van der Waals surface area contributed by atoms with Gasteiger partial charge in [-0.05, 0) is 37.3 Å². The minimum absolute atomic E-state index is 0.0596. The smallest absolute Gasteiger partial charge is 0.330 e. The van der Waals surface area contributed by atoms with Crippen molar-refractivity contribution in [2.24, 2.45) is 0 Å². The molecule has 0 radical (unpaired) electrons. The number of carbonyl (C=O) groups is 2. The third-order valence-electron chi connectivity index (χ3n) is 4.46. The van der Waals surface area contributed by atoms with Gasteiger partial charge in [-0.2, -0.15) is 5.26 Å². The maximum Gasteiger partial charge on any atom is 0.330 e. The number of hydrogen-bond donors (Lipinski definition) is 2. The van der Waals surface area contributed by atoms with Crippen LogP contribution in [0.1, 0.15) is 12.5 Å². The summed E-state index contributed by atoms with van der Waals surface area (Å²) in [6.07, 6.45) is 1.51. The molecule has 0 fully saturated rings. The molecular weight excluding hydrogens is 454 g/mol. The van der Waals surface area contributed by atoms with Gasteiger partial charge < -0.3 is 25.8 Å². The number of likely N-dealkylation sites (N-methyl/N-ethyl adjacent to an activating group) is 1. The number of hydrogen-bond acceptors (Lipinski definition) is 10. The van der Waals surface area contributed by atoms with Crippen LogP contribution < -0.4 is 16.4 Å². The molecule has 11 heteroatoms. The Bertz CT molecular complexity index is 1090. The van der Waals surface area contributed by atoms with Gasteiger partial charge in [0.2, 0.25) is 0 Å². The number of nitriles is 1. The fourth-order valence-electron chi connectivity index (χ4n) is 2.67. The minimum atomic E-state index is -0.623. The molecule has 0 saturated heterocycles. The van der Waals surface area contributed by atoms with Crippen LogP contribution in [0.15, 0.2) is 67.8 Å². The SMILES string of the molecule is C=CC(=O)OCC(CN(CC)c1ccc(N)cc1)OC(=O)C=C.N#Cc1cc([N+](=O)[O-])ccc1N. The van der Waals surface area contributed by atoms with Gasteiger partial charge in [-0.3, -0.25) is 10.1 Å². The van der Waals surface area contributed by atoms with Gasteiger partial charge in [0.1, 0.15) is 12.7 Å². The van der Waals surface area contributed by atoms with Gasteiger partial charge in [-0.15, -0.1) is 0 Å². The van der Waals surface area contributed by atoms with E-state index in [1.165, 1.54) is 12.1 Å². The van der Waals surface area contributed by atoms with E-state index in [2.05, 4.69) is 13.2 Å². The largest absolute Gasteiger partial charge is 0.459 e. The molecule has 4 N–H and O–H groups in total. The van der Waals surface area contributed by atoms with Gasteiger partial charge in [-0.25, -0.2) is 9.59 Å². The van der Waals surface area contributed by atoms with Crippen LogP contribution in [0.4, 0.5) is 22.7 Å². The quantitative estimate of drug-likeness (QED) is 0.169. The molecule has 0 aliphatic heterocycles. The zero-order chi connectivity index (χ0) is 26.4. The predicted molar refractivity (Wildman–Crippen MR) is 132 cm³/mol. The number of nitrogens with two attached hydrogens (primary N) is 2. The van der Waals surface area contributed by atoms with Crippen LogP contribution in [-0.2, 0) is 19.1 Å². The summed E-state index contributed by atoms with van der Waals surface area (Å²) < 4.78 is 10.2. The second kappa shape index (κ2) is 14.3. The monoisotopic (exact) mass is 481 g/mol. The van der Waals surface area contributed by atoms with Gasteiger partial charge in [-0.1, -0.05) is 13.2 Å². The number of nitro groups is 1. The van der Waals surface area contributed by atoms with E-state index in [0.717, 1.165) is 23.9 Å². The lowest BCUT2D eigenvalue weighted by Crippen LogP contribution is -2.38. The summed E-state index contributed by atoms with van der Waals surface area (Å²) in [5, 5.41) is 18.7. The molecule has 2 aromatic rings. The molecule has 1 unspecified atom stereocenters. The first-order valence-corrected chi connectivity index (χ1v) is 10.3. The molecule has 0 spiro atoms. The number of nitro benzene ring substituents is 1. The van der Waals surface area contributed by atoms with Crippen molar-refractivity contribution >= 4 is 34.7 Å². The number of rotatable bonds is 10. The molecular formula is C24H27N5O6. The van der Waals surface area contributed by atoms with E-state index in [0.29, 0.717) is 18.8 Å². The van der Waals surface area contributed by atoms with Crippen molar-refractivity contribution in [1.29, 1.82) is 5.26 Å². The van der Waals surface area contributed by atoms with Crippen molar-refractivity contribution in [1.82, 2.24) is 0 Å². The number of nitrogens with zero attached hydrogens (tertiary/aromatic N) is 3. The van der Waals surface area contributed by atoms with Gasteiger partial charge in [0.15, 0.2) is 6.10 Å². The van der Waals surface area contributed by atoms with E-state index in [1.54, 1.807) is 18.2 Å². The predicted octanol–water partition coefficient (Wildman–Crippen LogP) is 2.97. The normalized spacial score (nSPS) is 10.4. The van der Waals surface area contributed by atoms with E-state index in [9.17, 15) is 19.7 Å². The Morgan fingerprint density at radius 1 is 1.17 bits per heavy atom. The van der Waals surface area contributed by atoms with E-state index in [4.69, 9.17) is 26.2 Å². The third-order valence-corrected chi connectivity index (χ3v) is 4.46. The van der Waals surface area contributed by atoms with E-state index >= 15 is 0 Å². The molecule has 0 aliphatic carbocycles. The second-order valence-electron chi connectivity index (χ2n) is 6.87. The average Bonchev–Trinajstić information content (AvgIpc) is 2.86. The van der Waals surface area contributed by atoms with Crippen LogP contribution >= 0.6 is 0 Å². The number of nitrogen functional groups attached to an aromatic ring is 2. The zero-order valence-corrected chi connectivity index (χ0v) is 19.3. The van der Waals surface area contributed by atoms with E-state index < -0.39 is 23.0 Å². The highest BCUT2D eigenvalue weighted by molar-refractivity contribution is 5.82. The van der Waals surface area contributed by atoms with Crippen molar-refractivity contribution in [3.05, 3.63) is 83.5 Å². The topological polar surface area (TPSA) is 175 Å². The Kier molecular flexibility index (Phi) is 11.5. The summed E-state index contributed by atoms with van der Waals surface area (Å²) in [6, 6.07) is 12.8. The van der Waals surface area contributed by atoms with Gasteiger partial charge >= 0.3 is 11.9 Å². The molecule has 11 nitrogen and oxygen atoms in total. The van der Waals surface area contributed by atoms with Crippen molar-refractivity contribution in [3.63, 3.8) is 0 Å². The Morgan fingerprint density at radius 3 is 2.31 bits per heavy atom. The van der Waals surface area contributed by atoms with Crippen molar-refractivity contribution in [3.8, 4) is 6.07 Å². The maximum atomic E-state index is 11.5. The van der Waals surface area contributed by atoms with Crippen LogP contribution in [0.5, 0.6) is 0 Å². The Balaban J connectivity index is 0.000000427. The lowest BCUT2D eigenvalue weighted by atomic mass is 10.2. The molecule has 35 heavy (non-hydrogen) atoms. The first kappa shape index (κ1) is 28.2. The summed E-state index contributed by atoms with van der Waals surface area (Å²) >= 11 is 0. The summed E-state index contributed by atoms with van der Waals surface area (Å²) in [7, 11) is 0. The molecule has 0 amide bonds. The molecule has 0 heterocycles. The fraction of sp³-hybridized carbons (Fsp3) is 0.208. The first-order valence-electron chi connectivity index (χ1n) is 10.3. The summed E-state index contributed by atoms with van der Waals surface area (Å²) in [5.41, 5.74) is 12.9. The number of ether oxygens (including phenoxy) is 2. The summed E-state index contributed by atoms with van der Waals surface area (Å²) in [6.45, 7) is 9.65. The Morgan fingerprint density at radius 2 is 1.80 bits per heavy atom. The fourth-order valence-corrected chi connectivity index (χ4v) is 2.67. The zero-order valence-electron chi connectivity index (χ0n) is 19.3. The van der Waals surface area contributed by atoms with Crippen LogP contribution in [0.25, 0.3) is 0 Å². The lowest BCUT2D eigenvalue weighted by molar-refractivity contribution is -0.384. The number of benzene rings is 2. The van der Waals surface area contributed by atoms with Gasteiger partial charge in [0, 0.05) is 47.9 Å². The molecule has 2 rings (SSSR count). The Hall–Kier alpha value is -4.85. The van der Waals surface area contributed by atoms with Crippen LogP contribution in [-0.4, -0.2) is 42.7 Å². The summed E-state index contributed by atoms with van der Waals surface area (Å²) in [5.74, 6) is -1.14. The third kappa shape index (κ3) is 9.67. The van der Waals surface area contributed by atoms with E-state index in [1.807, 2.05) is 24.0 Å². The number of carbonyl (C=O) groups excluding carboxylic acids is 2. The molecule has 2 aromatic carbocycles. The second-order valence-corrected chi connectivity index (χ2v) is 6.87. The molecule has 0 bridgehead atoms. The molecule has 0 aliphatic rings. The number of non-ortho nitro benzene ring substituents is 1. The molecule has 1 atom stereocenters. The van der Waals surface area contributed by atoms with Crippen molar-refractivity contribution in [2.45, 2.75) is 13.0 Å². The highest BCUT2D eigenvalue weighted by Crippen LogP contribution is 2.18. The van der Waals surface area contributed by atoms with Gasteiger partial charge in [0.05, 0.1) is 17.0 Å². The van der Waals surface area contributed by atoms with Crippen molar-refractivity contribution in [2.75, 3.05) is 36.1 Å². The van der Waals surface area contributed by atoms with Gasteiger partial charge in [0.25, 0.3) is 5.69 Å². The Labute approximate surface area is 203 Å². The number of anilines is 3. The maximum absolute atomic E-state index is 11.5. The standard InChI is InChI=1S/C17H22N2O4.C7H5N3O2/c1-4-16(20)22-12-15(23-17(21)5-2)11-19(6-3)14-9-7-13(18)8-10-14;8-4-5-3-6(10(11)12)1-2-7(5)9/h4-5,7-10,15H,1-2,6,11-12,18H2,3H3;1-3H,9H2. The molecule has 184 valence electrons. The highest BCUT2D eigenvalue weighted by atomic mass is 16.6. The average molecular weight is 482 g/mol. The van der Waals surface area contributed by atoms with Crippen LogP contribution in [0, 0.1) is 21.4 Å². The first-order chi connectivity index (χ1) is 16.6. The van der Waals surface area contributed by atoms with Crippen molar-refractivity contribution < 1.29 is 24.0 Å². The highest BCUT2D eigenvalue weighted by Gasteiger charge is 2.19. The summed E-state index contributed by atoms with van der Waals surface area (Å²) in [4.78, 5) is 34.3. The number of esters is 2. The lowest BCUT2D eigenvalue weighted by Gasteiger charge is -2.28. The van der Waals surface area contributed by atoms with Crippen LogP contribution in [0.2, 0.25) is 0 Å². The molecule has 0 saturated carbocycles. The van der Waals surface area contributed by atoms with Crippen LogP contribution in [0.3, 0.4) is 0 Å². The van der Waals surface area contributed by atoms with E-state index in [-0.39, 0.29) is 23.5 Å².